The topological polar surface area (TPSA) is 66.5 Å². The van der Waals surface area contributed by atoms with Gasteiger partial charge in [0.15, 0.2) is 0 Å². The van der Waals surface area contributed by atoms with Crippen LogP contribution in [0.25, 0.3) is 5.57 Å². The number of fused-ring (bicyclic) bond motifs is 2. The Morgan fingerprint density at radius 3 is 2.70 bits per heavy atom. The minimum Gasteiger partial charge on any atom is -0.492 e. The zero-order valence-corrected chi connectivity index (χ0v) is 26.6. The fourth-order valence-electron chi connectivity index (χ4n) is 5.72. The number of rotatable bonds is 10. The van der Waals surface area contributed by atoms with Gasteiger partial charge in [-0.15, -0.1) is 11.3 Å². The summed E-state index contributed by atoms with van der Waals surface area (Å²) in [6.45, 7) is 2.01. The highest BCUT2D eigenvalue weighted by molar-refractivity contribution is 7.10. The van der Waals surface area contributed by atoms with E-state index >= 15 is 0 Å². The maximum absolute atomic E-state index is 14.3. The van der Waals surface area contributed by atoms with E-state index in [1.54, 1.807) is 6.07 Å². The van der Waals surface area contributed by atoms with Gasteiger partial charge in [-0.2, -0.15) is 13.2 Å². The molecule has 234 valence electrons. The molecule has 1 aromatic heterocycles. The highest BCUT2D eigenvalue weighted by Gasteiger charge is 2.41. The molecule has 2 bridgehead atoms. The molecule has 2 aliphatic heterocycles. The van der Waals surface area contributed by atoms with Gasteiger partial charge in [0.05, 0.1) is 39.0 Å². The number of nitrogens with one attached hydrogen (secondary N) is 2. The SMILES string of the molecule is O=C(C1=C(c2nc(CCCOc3cc(C(F)(F)F)ccc3Cl)cs2)CC2CNC[C@H]1N2)N(Cc1cccc(Cl)c1Cl)C1CC1. The summed E-state index contributed by atoms with van der Waals surface area (Å²) >= 11 is 20.4. The molecule has 44 heavy (non-hydrogen) atoms. The summed E-state index contributed by atoms with van der Waals surface area (Å²) in [5, 5.41) is 10.9. The van der Waals surface area contributed by atoms with Crippen LogP contribution in [0.3, 0.4) is 0 Å². The maximum atomic E-state index is 14.3. The standard InChI is InChI=1S/C31H30Cl3F3N4O2S/c32-23-9-6-18(31(35,36)37)11-26(23)43-10-2-4-19-16-44-29(40-19)22-12-20-13-38-14-25(39-20)27(22)30(42)41(21-7-8-21)15-17-3-1-5-24(33)28(17)34/h1,3,5-6,9,11,16,20-21,25,38-39H,2,4,7-8,10,12-15H2/t20?,25-/m1/s1. The molecule has 1 amide bonds. The lowest BCUT2D eigenvalue weighted by Crippen LogP contribution is -2.60. The van der Waals surface area contributed by atoms with Crippen LogP contribution in [0.15, 0.2) is 47.4 Å². The molecule has 1 saturated heterocycles. The summed E-state index contributed by atoms with van der Waals surface area (Å²) in [4.78, 5) is 21.2. The Morgan fingerprint density at radius 1 is 1.11 bits per heavy atom. The van der Waals surface area contributed by atoms with Crippen LogP contribution in [0.5, 0.6) is 5.75 Å². The molecular formula is C31H30Cl3F3N4O2S. The van der Waals surface area contributed by atoms with Crippen molar-refractivity contribution < 1.29 is 22.7 Å². The summed E-state index contributed by atoms with van der Waals surface area (Å²) in [6, 6.07) is 8.73. The molecule has 2 N–H and O–H groups in total. The van der Waals surface area contributed by atoms with Crippen LogP contribution in [-0.2, 0) is 23.9 Å². The van der Waals surface area contributed by atoms with Gasteiger partial charge in [-0.25, -0.2) is 4.98 Å². The van der Waals surface area contributed by atoms with Gasteiger partial charge in [0, 0.05) is 42.7 Å². The van der Waals surface area contributed by atoms with Crippen LogP contribution < -0.4 is 15.4 Å². The number of amides is 1. The van der Waals surface area contributed by atoms with Crippen molar-refractivity contribution in [1.29, 1.82) is 0 Å². The van der Waals surface area contributed by atoms with E-state index in [4.69, 9.17) is 44.5 Å². The highest BCUT2D eigenvalue weighted by Crippen LogP contribution is 2.39. The largest absolute Gasteiger partial charge is 0.492 e. The van der Waals surface area contributed by atoms with Crippen LogP contribution in [0.4, 0.5) is 13.2 Å². The van der Waals surface area contributed by atoms with Crippen molar-refractivity contribution in [3.8, 4) is 5.75 Å². The molecule has 0 spiro atoms. The molecule has 1 unspecified atom stereocenters. The fourth-order valence-corrected chi connectivity index (χ4v) is 7.19. The van der Waals surface area contributed by atoms with Gasteiger partial charge in [0.2, 0.25) is 0 Å². The molecule has 0 radical (unpaired) electrons. The second-order valence-corrected chi connectivity index (χ2v) is 13.3. The molecule has 3 heterocycles. The first-order chi connectivity index (χ1) is 21.1. The molecule has 2 atom stereocenters. The van der Waals surface area contributed by atoms with Gasteiger partial charge in [-0.3, -0.25) is 4.79 Å². The number of thiazole rings is 1. The third-order valence-electron chi connectivity index (χ3n) is 8.05. The van der Waals surface area contributed by atoms with E-state index in [1.807, 2.05) is 22.4 Å². The average molecular weight is 686 g/mol. The van der Waals surface area contributed by atoms with E-state index in [2.05, 4.69) is 10.6 Å². The zero-order valence-electron chi connectivity index (χ0n) is 23.5. The van der Waals surface area contributed by atoms with Crippen LogP contribution in [0.1, 0.15) is 47.5 Å². The van der Waals surface area contributed by atoms with Crippen LogP contribution in [-0.4, -0.2) is 53.6 Å². The number of hydrogen-bond donors (Lipinski definition) is 2. The van der Waals surface area contributed by atoms with Crippen LogP contribution >= 0.6 is 46.1 Å². The Morgan fingerprint density at radius 2 is 1.93 bits per heavy atom. The number of carbonyl (C=O) groups excluding carboxylic acids is 1. The number of halogens is 6. The van der Waals surface area contributed by atoms with Crippen molar-refractivity contribution in [2.75, 3.05) is 19.7 Å². The van der Waals surface area contributed by atoms with E-state index in [-0.39, 0.29) is 41.4 Å². The molecule has 6 rings (SSSR count). The van der Waals surface area contributed by atoms with Crippen molar-refractivity contribution in [3.05, 3.63) is 84.2 Å². The summed E-state index contributed by atoms with van der Waals surface area (Å²) in [5.74, 6) is -0.00999. The lowest BCUT2D eigenvalue weighted by molar-refractivity contribution is -0.137. The van der Waals surface area contributed by atoms with E-state index < -0.39 is 11.7 Å². The minimum atomic E-state index is -4.48. The Hall–Kier alpha value is -2.34. The first-order valence-electron chi connectivity index (χ1n) is 14.5. The monoisotopic (exact) mass is 684 g/mol. The number of ether oxygens (including phenoxy) is 1. The first-order valence-corrected chi connectivity index (χ1v) is 16.5. The summed E-state index contributed by atoms with van der Waals surface area (Å²) < 4.78 is 44.8. The predicted molar refractivity (Wildman–Crippen MR) is 168 cm³/mol. The Labute approximate surface area is 272 Å². The molecule has 3 aliphatic rings. The van der Waals surface area contributed by atoms with E-state index in [0.29, 0.717) is 42.4 Å². The minimum absolute atomic E-state index is 0.00269. The smallest absolute Gasteiger partial charge is 0.416 e. The summed E-state index contributed by atoms with van der Waals surface area (Å²) in [7, 11) is 0. The second-order valence-electron chi connectivity index (χ2n) is 11.3. The average Bonchev–Trinajstić information content (AvgIpc) is 3.72. The van der Waals surface area contributed by atoms with Gasteiger partial charge in [0.25, 0.3) is 5.91 Å². The van der Waals surface area contributed by atoms with Gasteiger partial charge in [-0.1, -0.05) is 46.9 Å². The first kappa shape index (κ1) is 31.6. The maximum Gasteiger partial charge on any atom is 0.416 e. The number of alkyl halides is 3. The van der Waals surface area contributed by atoms with Gasteiger partial charge >= 0.3 is 6.18 Å². The van der Waals surface area contributed by atoms with Crippen LogP contribution in [0, 0.1) is 0 Å². The second kappa shape index (κ2) is 13.2. The lowest BCUT2D eigenvalue weighted by atomic mass is 9.87. The number of aromatic nitrogens is 1. The molecule has 1 saturated carbocycles. The Kier molecular flexibility index (Phi) is 9.48. The molecule has 1 aliphatic carbocycles. The van der Waals surface area contributed by atoms with Crippen molar-refractivity contribution in [3.63, 3.8) is 0 Å². The molecule has 3 aromatic rings. The molecule has 13 heteroatoms. The summed E-state index contributed by atoms with van der Waals surface area (Å²) in [5.41, 5.74) is 2.56. The van der Waals surface area contributed by atoms with Crippen molar-refractivity contribution >= 4 is 57.6 Å². The molecule has 2 aromatic carbocycles. The summed E-state index contributed by atoms with van der Waals surface area (Å²) in [6.07, 6.45) is -0.812. The molecular weight excluding hydrogens is 656 g/mol. The van der Waals surface area contributed by atoms with Gasteiger partial charge in [-0.05, 0) is 67.5 Å². The van der Waals surface area contributed by atoms with Gasteiger partial charge < -0.3 is 20.3 Å². The zero-order chi connectivity index (χ0) is 31.0. The Balaban J connectivity index is 1.19. The van der Waals surface area contributed by atoms with E-state index in [9.17, 15) is 18.0 Å². The van der Waals surface area contributed by atoms with Crippen LogP contribution in [0.2, 0.25) is 15.1 Å². The quantitative estimate of drug-likeness (QED) is 0.218. The highest BCUT2D eigenvalue weighted by atomic mass is 35.5. The normalized spacial score (nSPS) is 20.1. The number of piperazine rings is 1. The van der Waals surface area contributed by atoms with Crippen molar-refractivity contribution in [2.45, 2.75) is 63.0 Å². The number of carbonyl (C=O) groups is 1. The third kappa shape index (κ3) is 7.06. The number of hydrogen-bond acceptors (Lipinski definition) is 6. The molecule has 6 nitrogen and oxygen atoms in total. The third-order valence-corrected chi connectivity index (χ3v) is 10.2. The van der Waals surface area contributed by atoms with E-state index in [1.165, 1.54) is 17.4 Å². The number of benzene rings is 2. The van der Waals surface area contributed by atoms with Gasteiger partial charge in [0.1, 0.15) is 10.8 Å². The molecule has 2 fully saturated rings. The van der Waals surface area contributed by atoms with Crippen molar-refractivity contribution in [1.82, 2.24) is 20.5 Å². The fraction of sp³-hybridized carbons (Fsp3) is 0.419. The Bertz CT molecular complexity index is 1580. The van der Waals surface area contributed by atoms with E-state index in [0.717, 1.165) is 58.9 Å². The predicted octanol–water partition coefficient (Wildman–Crippen LogP) is 7.41. The van der Waals surface area contributed by atoms with Crippen molar-refractivity contribution in [2.24, 2.45) is 0 Å². The number of nitrogens with zero attached hydrogens (tertiary/aromatic N) is 2. The number of aryl methyl sites for hydroxylation is 1. The lowest BCUT2D eigenvalue weighted by Gasteiger charge is -2.40.